The molecule has 1 aliphatic rings. The van der Waals surface area contributed by atoms with E-state index in [9.17, 15) is 0 Å². The zero-order chi connectivity index (χ0) is 12.0. The maximum atomic E-state index is 5.87. The van der Waals surface area contributed by atoms with Crippen LogP contribution in [-0.4, -0.2) is 18.5 Å². The fourth-order valence-electron chi connectivity index (χ4n) is 2.35. The first kappa shape index (κ1) is 17.0. The molecule has 0 radical (unpaired) electrons. The molecule has 0 amide bonds. The van der Waals surface area contributed by atoms with Crippen molar-refractivity contribution in [3.63, 3.8) is 0 Å². The molecule has 3 nitrogen and oxygen atoms in total. The van der Waals surface area contributed by atoms with Gasteiger partial charge in [-0.2, -0.15) is 0 Å². The molecule has 0 heterocycles. The Morgan fingerprint density at radius 3 is 2.47 bits per heavy atom. The number of rotatable bonds is 6. The third kappa shape index (κ3) is 5.44. The van der Waals surface area contributed by atoms with E-state index in [1.165, 1.54) is 32.1 Å². The minimum atomic E-state index is 0. The van der Waals surface area contributed by atoms with Gasteiger partial charge in [0.2, 0.25) is 0 Å². The Kier molecular flexibility index (Phi) is 8.16. The van der Waals surface area contributed by atoms with E-state index in [1.807, 2.05) is 0 Å². The van der Waals surface area contributed by atoms with Crippen molar-refractivity contribution in [2.75, 3.05) is 6.54 Å². The Balaban J connectivity index is 0.00000256. The number of aliphatic imine (C=N–C) groups is 1. The summed E-state index contributed by atoms with van der Waals surface area (Å²) < 4.78 is 0. The molecule has 1 aliphatic carbocycles. The number of hydrogen-bond acceptors (Lipinski definition) is 1. The smallest absolute Gasteiger partial charge is 0.188 e. The van der Waals surface area contributed by atoms with Crippen LogP contribution in [0.15, 0.2) is 4.99 Å². The van der Waals surface area contributed by atoms with Crippen molar-refractivity contribution in [1.82, 2.24) is 5.32 Å². The van der Waals surface area contributed by atoms with E-state index in [-0.39, 0.29) is 24.0 Å². The summed E-state index contributed by atoms with van der Waals surface area (Å²) in [4.78, 5) is 4.51. The standard InChI is InChI=1S/C13H27N3.HI/c1-4-7-13(8-6-9-13)10-15-12(14)16-11(3)5-2;/h11H,4-10H2,1-3H3,(H3,14,15,16);1H. The Morgan fingerprint density at radius 2 is 2.06 bits per heavy atom. The molecule has 0 saturated heterocycles. The lowest BCUT2D eigenvalue weighted by molar-refractivity contribution is 0.130. The molecule has 4 heteroatoms. The predicted molar refractivity (Wildman–Crippen MR) is 86.0 cm³/mol. The van der Waals surface area contributed by atoms with Crippen LogP contribution in [0, 0.1) is 5.41 Å². The molecule has 1 unspecified atom stereocenters. The monoisotopic (exact) mass is 353 g/mol. The van der Waals surface area contributed by atoms with Crippen molar-refractivity contribution in [3.8, 4) is 0 Å². The first-order valence-electron chi connectivity index (χ1n) is 6.68. The minimum Gasteiger partial charge on any atom is -0.370 e. The first-order chi connectivity index (χ1) is 7.62. The molecule has 1 saturated carbocycles. The summed E-state index contributed by atoms with van der Waals surface area (Å²) in [6.45, 7) is 7.45. The van der Waals surface area contributed by atoms with Crippen LogP contribution in [0.5, 0.6) is 0 Å². The minimum absolute atomic E-state index is 0. The summed E-state index contributed by atoms with van der Waals surface area (Å²) in [5, 5.41) is 3.22. The van der Waals surface area contributed by atoms with E-state index in [0.717, 1.165) is 13.0 Å². The van der Waals surface area contributed by atoms with Crippen LogP contribution in [0.4, 0.5) is 0 Å². The van der Waals surface area contributed by atoms with Crippen molar-refractivity contribution in [1.29, 1.82) is 0 Å². The van der Waals surface area contributed by atoms with Gasteiger partial charge >= 0.3 is 0 Å². The third-order valence-corrected chi connectivity index (χ3v) is 3.79. The zero-order valence-electron chi connectivity index (χ0n) is 11.5. The number of nitrogens with zero attached hydrogens (tertiary/aromatic N) is 1. The summed E-state index contributed by atoms with van der Waals surface area (Å²) in [5.41, 5.74) is 6.35. The third-order valence-electron chi connectivity index (χ3n) is 3.79. The lowest BCUT2D eigenvalue weighted by Crippen LogP contribution is -2.40. The van der Waals surface area contributed by atoms with Crippen LogP contribution in [-0.2, 0) is 0 Å². The lowest BCUT2D eigenvalue weighted by atomic mass is 9.66. The van der Waals surface area contributed by atoms with Crippen LogP contribution in [0.25, 0.3) is 0 Å². The topological polar surface area (TPSA) is 50.4 Å². The van der Waals surface area contributed by atoms with E-state index in [0.29, 0.717) is 17.4 Å². The van der Waals surface area contributed by atoms with E-state index < -0.39 is 0 Å². The Morgan fingerprint density at radius 1 is 1.41 bits per heavy atom. The number of halogens is 1. The quantitative estimate of drug-likeness (QED) is 0.437. The van der Waals surface area contributed by atoms with Crippen molar-refractivity contribution >= 4 is 29.9 Å². The molecule has 0 aliphatic heterocycles. The zero-order valence-corrected chi connectivity index (χ0v) is 13.8. The van der Waals surface area contributed by atoms with Gasteiger partial charge in [-0.3, -0.25) is 4.99 Å². The SMILES string of the molecule is CCCC1(CN=C(N)NC(C)CC)CCC1.I. The molecule has 0 aromatic rings. The number of nitrogens with two attached hydrogens (primary N) is 1. The maximum Gasteiger partial charge on any atom is 0.188 e. The maximum absolute atomic E-state index is 5.87. The average Bonchev–Trinajstić information content (AvgIpc) is 2.21. The number of guanidine groups is 1. The van der Waals surface area contributed by atoms with E-state index in [4.69, 9.17) is 5.73 Å². The van der Waals surface area contributed by atoms with Crippen molar-refractivity contribution in [2.24, 2.45) is 16.1 Å². The van der Waals surface area contributed by atoms with Gasteiger partial charge in [0, 0.05) is 12.6 Å². The Labute approximate surface area is 123 Å². The van der Waals surface area contributed by atoms with Gasteiger partial charge in [0.05, 0.1) is 0 Å². The van der Waals surface area contributed by atoms with Gasteiger partial charge in [0.15, 0.2) is 5.96 Å². The number of hydrogen-bond donors (Lipinski definition) is 2. The molecule has 0 aromatic carbocycles. The van der Waals surface area contributed by atoms with Gasteiger partial charge in [-0.15, -0.1) is 24.0 Å². The molecule has 0 spiro atoms. The summed E-state index contributed by atoms with van der Waals surface area (Å²) in [6.07, 6.45) is 7.67. The van der Waals surface area contributed by atoms with Gasteiger partial charge in [-0.25, -0.2) is 0 Å². The van der Waals surface area contributed by atoms with Gasteiger partial charge in [0.25, 0.3) is 0 Å². The van der Waals surface area contributed by atoms with E-state index in [2.05, 4.69) is 31.1 Å². The average molecular weight is 353 g/mol. The predicted octanol–water partition coefficient (Wildman–Crippen LogP) is 3.28. The molecule has 1 atom stereocenters. The second kappa shape index (κ2) is 8.16. The molecule has 3 N–H and O–H groups in total. The molecule has 1 fully saturated rings. The van der Waals surface area contributed by atoms with Crippen molar-refractivity contribution < 1.29 is 0 Å². The van der Waals surface area contributed by atoms with Crippen LogP contribution < -0.4 is 11.1 Å². The molecule has 102 valence electrons. The Hall–Kier alpha value is 0. The molecule has 17 heavy (non-hydrogen) atoms. The fourth-order valence-corrected chi connectivity index (χ4v) is 2.35. The van der Waals surface area contributed by atoms with Crippen molar-refractivity contribution in [2.45, 2.75) is 65.3 Å². The summed E-state index contributed by atoms with van der Waals surface area (Å²) >= 11 is 0. The first-order valence-corrected chi connectivity index (χ1v) is 6.68. The Bertz CT molecular complexity index is 237. The summed E-state index contributed by atoms with van der Waals surface area (Å²) in [5.74, 6) is 0.622. The molecule has 0 bridgehead atoms. The van der Waals surface area contributed by atoms with Crippen LogP contribution in [0.2, 0.25) is 0 Å². The molecule has 1 rings (SSSR count). The highest BCUT2D eigenvalue weighted by atomic mass is 127. The highest BCUT2D eigenvalue weighted by Gasteiger charge is 2.35. The highest BCUT2D eigenvalue weighted by Crippen LogP contribution is 2.44. The van der Waals surface area contributed by atoms with Gasteiger partial charge in [-0.1, -0.05) is 26.7 Å². The normalized spacial score (nSPS) is 20.1. The highest BCUT2D eigenvalue weighted by molar-refractivity contribution is 14.0. The fraction of sp³-hybridized carbons (Fsp3) is 0.923. The van der Waals surface area contributed by atoms with Crippen LogP contribution in [0.3, 0.4) is 0 Å². The van der Waals surface area contributed by atoms with Crippen molar-refractivity contribution in [3.05, 3.63) is 0 Å². The summed E-state index contributed by atoms with van der Waals surface area (Å²) in [6, 6.07) is 0.423. The van der Waals surface area contributed by atoms with Crippen LogP contribution >= 0.6 is 24.0 Å². The van der Waals surface area contributed by atoms with E-state index in [1.54, 1.807) is 0 Å². The van der Waals surface area contributed by atoms with Crippen LogP contribution in [0.1, 0.15) is 59.3 Å². The van der Waals surface area contributed by atoms with Gasteiger partial charge in [-0.05, 0) is 38.0 Å². The molecular formula is C13H28IN3. The van der Waals surface area contributed by atoms with E-state index >= 15 is 0 Å². The summed E-state index contributed by atoms with van der Waals surface area (Å²) in [7, 11) is 0. The second-order valence-electron chi connectivity index (χ2n) is 5.26. The largest absolute Gasteiger partial charge is 0.370 e. The molecular weight excluding hydrogens is 325 g/mol. The number of nitrogens with one attached hydrogen (secondary N) is 1. The van der Waals surface area contributed by atoms with Gasteiger partial charge in [0.1, 0.15) is 0 Å². The van der Waals surface area contributed by atoms with Gasteiger partial charge < -0.3 is 11.1 Å². The molecule has 0 aromatic heterocycles. The second-order valence-corrected chi connectivity index (χ2v) is 5.26. The lowest BCUT2D eigenvalue weighted by Gasteiger charge is -2.40.